The van der Waals surface area contributed by atoms with E-state index in [4.69, 9.17) is 0 Å². The lowest BCUT2D eigenvalue weighted by atomic mass is 9.87. The van der Waals surface area contributed by atoms with Gasteiger partial charge in [-0.05, 0) is 51.5 Å². The number of amides is 1. The molecule has 2 rings (SSSR count). The summed E-state index contributed by atoms with van der Waals surface area (Å²) < 4.78 is 0. The molecule has 1 N–H and O–H groups in total. The molecule has 2 aliphatic heterocycles. The van der Waals surface area contributed by atoms with Crippen molar-refractivity contribution in [3.8, 4) is 0 Å². The van der Waals surface area contributed by atoms with Crippen molar-refractivity contribution in [1.29, 1.82) is 0 Å². The number of hydrogen-bond acceptors (Lipinski definition) is 2. The van der Waals surface area contributed by atoms with Gasteiger partial charge >= 0.3 is 0 Å². The van der Waals surface area contributed by atoms with Gasteiger partial charge in [-0.2, -0.15) is 0 Å². The third-order valence-corrected chi connectivity index (χ3v) is 4.57. The minimum Gasteiger partial charge on any atom is -0.341 e. The Hall–Kier alpha value is -0.570. The van der Waals surface area contributed by atoms with E-state index in [1.807, 2.05) is 0 Å². The predicted molar refractivity (Wildman–Crippen MR) is 69.9 cm³/mol. The molecule has 3 heteroatoms. The van der Waals surface area contributed by atoms with E-state index in [1.165, 1.54) is 32.1 Å². The van der Waals surface area contributed by atoms with E-state index in [-0.39, 0.29) is 5.54 Å². The molecule has 1 unspecified atom stereocenters. The van der Waals surface area contributed by atoms with E-state index >= 15 is 0 Å². The zero-order valence-corrected chi connectivity index (χ0v) is 11.3. The fourth-order valence-electron chi connectivity index (χ4n) is 3.13. The summed E-state index contributed by atoms with van der Waals surface area (Å²) in [5.74, 6) is 1.18. The fourth-order valence-corrected chi connectivity index (χ4v) is 3.13. The number of hydrogen-bond donors (Lipinski definition) is 1. The first-order chi connectivity index (χ1) is 8.15. The quantitative estimate of drug-likeness (QED) is 0.799. The molecule has 0 aromatic heterocycles. The molecule has 2 aliphatic rings. The van der Waals surface area contributed by atoms with E-state index < -0.39 is 0 Å². The van der Waals surface area contributed by atoms with Gasteiger partial charge in [-0.3, -0.25) is 4.79 Å². The minimum atomic E-state index is -0.280. The average molecular weight is 238 g/mol. The summed E-state index contributed by atoms with van der Waals surface area (Å²) in [7, 11) is 0. The van der Waals surface area contributed by atoms with Crippen molar-refractivity contribution in [1.82, 2.24) is 10.2 Å². The lowest BCUT2D eigenvalue weighted by Gasteiger charge is -2.40. The summed E-state index contributed by atoms with van der Waals surface area (Å²) in [5.41, 5.74) is -0.280. The summed E-state index contributed by atoms with van der Waals surface area (Å²) in [6.07, 6.45) is 7.04. The van der Waals surface area contributed by atoms with Gasteiger partial charge in [0.25, 0.3) is 0 Å². The van der Waals surface area contributed by atoms with Gasteiger partial charge in [-0.15, -0.1) is 0 Å². The molecular weight excluding hydrogens is 212 g/mol. The molecule has 0 aromatic carbocycles. The topological polar surface area (TPSA) is 32.3 Å². The summed E-state index contributed by atoms with van der Waals surface area (Å²) in [5, 5.41) is 3.43. The molecule has 0 aromatic rings. The van der Waals surface area contributed by atoms with Crippen molar-refractivity contribution in [2.45, 2.75) is 57.9 Å². The number of likely N-dealkylation sites (tertiary alicyclic amines) is 1. The van der Waals surface area contributed by atoms with Crippen LogP contribution in [0.15, 0.2) is 0 Å². The SMILES string of the molecule is CCC1CCN(C(=O)C2(C)CCCCN2)CC1. The Morgan fingerprint density at radius 2 is 2.06 bits per heavy atom. The molecule has 1 atom stereocenters. The molecule has 2 heterocycles. The molecule has 2 saturated heterocycles. The fraction of sp³-hybridized carbons (Fsp3) is 0.929. The summed E-state index contributed by atoms with van der Waals surface area (Å²) in [4.78, 5) is 14.6. The van der Waals surface area contributed by atoms with E-state index in [0.29, 0.717) is 5.91 Å². The number of nitrogens with zero attached hydrogens (tertiary/aromatic N) is 1. The molecule has 2 fully saturated rings. The molecule has 0 aliphatic carbocycles. The molecule has 0 saturated carbocycles. The standard InChI is InChI=1S/C14H26N2O/c1-3-12-6-10-16(11-7-12)13(17)14(2)8-4-5-9-15-14/h12,15H,3-11H2,1-2H3. The van der Waals surface area contributed by atoms with Crippen LogP contribution in [0.2, 0.25) is 0 Å². The first-order valence-corrected chi connectivity index (χ1v) is 7.20. The van der Waals surface area contributed by atoms with Crippen LogP contribution in [0, 0.1) is 5.92 Å². The Balaban J connectivity index is 1.91. The number of piperidine rings is 2. The van der Waals surface area contributed by atoms with Gasteiger partial charge in [-0.1, -0.05) is 13.3 Å². The zero-order valence-electron chi connectivity index (χ0n) is 11.3. The molecule has 1 amide bonds. The first-order valence-electron chi connectivity index (χ1n) is 7.20. The second-order valence-electron chi connectivity index (χ2n) is 5.86. The molecule has 98 valence electrons. The van der Waals surface area contributed by atoms with Gasteiger partial charge in [0.2, 0.25) is 5.91 Å². The number of rotatable bonds is 2. The number of nitrogens with one attached hydrogen (secondary N) is 1. The van der Waals surface area contributed by atoms with Gasteiger partial charge < -0.3 is 10.2 Å². The molecule has 0 radical (unpaired) electrons. The summed E-state index contributed by atoms with van der Waals surface area (Å²) >= 11 is 0. The van der Waals surface area contributed by atoms with Gasteiger partial charge in [0.1, 0.15) is 0 Å². The summed E-state index contributed by atoms with van der Waals surface area (Å²) in [6, 6.07) is 0. The van der Waals surface area contributed by atoms with Crippen LogP contribution < -0.4 is 5.32 Å². The van der Waals surface area contributed by atoms with Crippen LogP contribution >= 0.6 is 0 Å². The maximum atomic E-state index is 12.5. The Labute approximate surface area is 105 Å². The van der Waals surface area contributed by atoms with Gasteiger partial charge in [0.05, 0.1) is 5.54 Å². The third kappa shape index (κ3) is 2.82. The van der Waals surface area contributed by atoms with Crippen LogP contribution in [-0.4, -0.2) is 36.0 Å². The summed E-state index contributed by atoms with van der Waals surface area (Å²) in [6.45, 7) is 7.27. The highest BCUT2D eigenvalue weighted by atomic mass is 16.2. The van der Waals surface area contributed by atoms with Gasteiger partial charge in [0.15, 0.2) is 0 Å². The first kappa shape index (κ1) is 12.9. The zero-order chi connectivity index (χ0) is 12.3. The minimum absolute atomic E-state index is 0.280. The largest absolute Gasteiger partial charge is 0.341 e. The second-order valence-corrected chi connectivity index (χ2v) is 5.86. The highest BCUT2D eigenvalue weighted by Crippen LogP contribution is 2.25. The van der Waals surface area contributed by atoms with E-state index in [1.54, 1.807) is 0 Å². The van der Waals surface area contributed by atoms with Crippen LogP contribution in [0.25, 0.3) is 0 Å². The van der Waals surface area contributed by atoms with Crippen molar-refractivity contribution in [3.63, 3.8) is 0 Å². The maximum Gasteiger partial charge on any atom is 0.242 e. The lowest BCUT2D eigenvalue weighted by Crippen LogP contribution is -2.59. The van der Waals surface area contributed by atoms with Crippen molar-refractivity contribution in [2.75, 3.05) is 19.6 Å². The van der Waals surface area contributed by atoms with Crippen LogP contribution in [0.1, 0.15) is 52.4 Å². The van der Waals surface area contributed by atoms with Crippen LogP contribution in [0.3, 0.4) is 0 Å². The highest BCUT2D eigenvalue weighted by molar-refractivity contribution is 5.86. The Bertz CT molecular complexity index is 263. The molecule has 0 spiro atoms. The van der Waals surface area contributed by atoms with Crippen molar-refractivity contribution in [3.05, 3.63) is 0 Å². The Kier molecular flexibility index (Phi) is 4.08. The van der Waals surface area contributed by atoms with Crippen molar-refractivity contribution >= 4 is 5.91 Å². The number of carbonyl (C=O) groups excluding carboxylic acids is 1. The monoisotopic (exact) mass is 238 g/mol. The van der Waals surface area contributed by atoms with Crippen molar-refractivity contribution < 1.29 is 4.79 Å². The number of carbonyl (C=O) groups is 1. The Morgan fingerprint density at radius 1 is 1.35 bits per heavy atom. The van der Waals surface area contributed by atoms with Crippen LogP contribution in [0.4, 0.5) is 0 Å². The molecule has 3 nitrogen and oxygen atoms in total. The average Bonchev–Trinajstić information content (AvgIpc) is 2.39. The van der Waals surface area contributed by atoms with Gasteiger partial charge in [-0.25, -0.2) is 0 Å². The highest BCUT2D eigenvalue weighted by Gasteiger charge is 2.38. The van der Waals surface area contributed by atoms with Crippen LogP contribution in [0.5, 0.6) is 0 Å². The van der Waals surface area contributed by atoms with E-state index in [0.717, 1.165) is 32.0 Å². The maximum absolute atomic E-state index is 12.5. The van der Waals surface area contributed by atoms with Crippen LogP contribution in [-0.2, 0) is 4.79 Å². The predicted octanol–water partition coefficient (Wildman–Crippen LogP) is 2.17. The Morgan fingerprint density at radius 3 is 2.59 bits per heavy atom. The second kappa shape index (κ2) is 5.38. The molecular formula is C14H26N2O. The smallest absolute Gasteiger partial charge is 0.242 e. The third-order valence-electron chi connectivity index (χ3n) is 4.57. The molecule has 17 heavy (non-hydrogen) atoms. The van der Waals surface area contributed by atoms with Gasteiger partial charge in [0, 0.05) is 13.1 Å². The lowest BCUT2D eigenvalue weighted by molar-refractivity contribution is -0.140. The van der Waals surface area contributed by atoms with E-state index in [9.17, 15) is 4.79 Å². The van der Waals surface area contributed by atoms with E-state index in [2.05, 4.69) is 24.1 Å². The van der Waals surface area contributed by atoms with Crippen molar-refractivity contribution in [2.24, 2.45) is 5.92 Å². The molecule has 0 bridgehead atoms. The normalized spacial score (nSPS) is 31.5.